The molecule has 2 aliphatic rings. The van der Waals surface area contributed by atoms with Crippen molar-refractivity contribution < 1.29 is 8.78 Å². The molecule has 1 aliphatic carbocycles. The second-order valence-electron chi connectivity index (χ2n) is 10.5. The number of nitrogens with one attached hydrogen (secondary N) is 1. The van der Waals surface area contributed by atoms with Gasteiger partial charge in [-0.3, -0.25) is 10.1 Å². The monoisotopic (exact) mass is 516 g/mol. The minimum Gasteiger partial charge on any atom is -0.382 e. The van der Waals surface area contributed by atoms with Crippen LogP contribution in [-0.2, 0) is 12.5 Å². The maximum Gasteiger partial charge on any atom is 0.154 e. The van der Waals surface area contributed by atoms with Crippen molar-refractivity contribution in [3.63, 3.8) is 0 Å². The van der Waals surface area contributed by atoms with Crippen molar-refractivity contribution in [2.45, 2.75) is 25.2 Å². The van der Waals surface area contributed by atoms with Crippen LogP contribution in [-0.4, -0.2) is 45.1 Å². The standard InChI is InChI=1S/C28H30F2N8/c1-15-17(4-6-23-18(15)13-37(2)36-23)25(32)26-27(33)35-24(12-34-26)38-10-7-19-21(14-38)28(19,8-9-31)20-5-3-16(29)11-22(20)30/h3-6,11-13,19,21,32H,7-10,14,31H2,1-2H3,(H2,33,35)/t19-,21?,28-/m1/s1. The van der Waals surface area contributed by atoms with Gasteiger partial charge in [-0.1, -0.05) is 12.1 Å². The zero-order valence-corrected chi connectivity index (χ0v) is 21.4. The summed E-state index contributed by atoms with van der Waals surface area (Å²) in [5, 5.41) is 14.2. The fraction of sp³-hybridized carbons (Fsp3) is 0.357. The molecule has 1 unspecified atom stereocenters. The lowest BCUT2D eigenvalue weighted by molar-refractivity contribution is 0.496. The number of fused-ring (bicyclic) bond motifs is 2. The van der Waals surface area contributed by atoms with Gasteiger partial charge in [0.15, 0.2) is 5.82 Å². The topological polar surface area (TPSA) is 123 Å². The zero-order chi connectivity index (χ0) is 26.8. The average molecular weight is 517 g/mol. The van der Waals surface area contributed by atoms with Crippen LogP contribution in [0.25, 0.3) is 10.9 Å². The lowest BCUT2D eigenvalue weighted by Gasteiger charge is -2.27. The van der Waals surface area contributed by atoms with E-state index in [-0.39, 0.29) is 23.4 Å². The number of piperidine rings is 1. The van der Waals surface area contributed by atoms with Gasteiger partial charge in [-0.2, -0.15) is 5.10 Å². The van der Waals surface area contributed by atoms with Crippen LogP contribution >= 0.6 is 0 Å². The first-order valence-electron chi connectivity index (χ1n) is 12.8. The molecule has 8 nitrogen and oxygen atoms in total. The molecule has 0 radical (unpaired) electrons. The van der Waals surface area contributed by atoms with Crippen LogP contribution in [0.1, 0.15) is 35.2 Å². The zero-order valence-electron chi connectivity index (χ0n) is 21.4. The fourth-order valence-electron chi connectivity index (χ4n) is 6.68. The van der Waals surface area contributed by atoms with Gasteiger partial charge in [-0.05, 0) is 61.4 Å². The highest BCUT2D eigenvalue weighted by Crippen LogP contribution is 2.65. The van der Waals surface area contributed by atoms with E-state index < -0.39 is 17.0 Å². The maximum atomic E-state index is 14.8. The number of aryl methyl sites for hydroxylation is 2. The molecule has 1 aliphatic heterocycles. The normalized spacial score (nSPS) is 22.5. The summed E-state index contributed by atoms with van der Waals surface area (Å²) in [7, 11) is 1.87. The Bertz CT molecular complexity index is 1580. The summed E-state index contributed by atoms with van der Waals surface area (Å²) in [4.78, 5) is 11.3. The van der Waals surface area contributed by atoms with E-state index in [0.717, 1.165) is 41.1 Å². The van der Waals surface area contributed by atoms with Crippen molar-refractivity contribution in [3.8, 4) is 0 Å². The van der Waals surface area contributed by atoms with Crippen molar-refractivity contribution >= 4 is 28.3 Å². The molecule has 1 saturated heterocycles. The minimum absolute atomic E-state index is 0.176. The largest absolute Gasteiger partial charge is 0.382 e. The van der Waals surface area contributed by atoms with Gasteiger partial charge in [0.25, 0.3) is 0 Å². The number of anilines is 2. The van der Waals surface area contributed by atoms with Crippen LogP contribution in [0.3, 0.4) is 0 Å². The van der Waals surface area contributed by atoms with Crippen LogP contribution in [0.5, 0.6) is 0 Å². The summed E-state index contributed by atoms with van der Waals surface area (Å²) in [5.74, 6) is 0.191. The Labute approximate surface area is 219 Å². The number of nitrogens with zero attached hydrogens (tertiary/aromatic N) is 5. The molecule has 0 amide bonds. The summed E-state index contributed by atoms with van der Waals surface area (Å²) < 4.78 is 30.2. The first-order chi connectivity index (χ1) is 18.2. The van der Waals surface area contributed by atoms with Gasteiger partial charge in [0.05, 0.1) is 17.4 Å². The Hall–Kier alpha value is -3.92. The Morgan fingerprint density at radius 2 is 2.03 bits per heavy atom. The van der Waals surface area contributed by atoms with Crippen molar-refractivity contribution in [2.75, 3.05) is 30.3 Å². The molecular weight excluding hydrogens is 486 g/mol. The number of hydrogen-bond donors (Lipinski definition) is 3. The van der Waals surface area contributed by atoms with Crippen molar-refractivity contribution in [3.05, 3.63) is 76.7 Å². The molecule has 3 heterocycles. The number of nitrogens with two attached hydrogens (primary N) is 2. The number of hydrogen-bond acceptors (Lipinski definition) is 7. The molecule has 2 fully saturated rings. The highest BCUT2D eigenvalue weighted by Gasteiger charge is 2.66. The van der Waals surface area contributed by atoms with E-state index in [2.05, 4.69) is 20.0 Å². The molecule has 3 atom stereocenters. The smallest absolute Gasteiger partial charge is 0.154 e. The minimum atomic E-state index is -0.577. The highest BCUT2D eigenvalue weighted by atomic mass is 19.1. The molecule has 4 aromatic rings. The van der Waals surface area contributed by atoms with Gasteiger partial charge in [0, 0.05) is 48.8 Å². The van der Waals surface area contributed by atoms with Crippen LogP contribution in [0.2, 0.25) is 0 Å². The summed E-state index contributed by atoms with van der Waals surface area (Å²) >= 11 is 0. The molecule has 6 rings (SSSR count). The summed E-state index contributed by atoms with van der Waals surface area (Å²) in [5.41, 5.74) is 15.5. The molecule has 5 N–H and O–H groups in total. The van der Waals surface area contributed by atoms with E-state index in [9.17, 15) is 8.78 Å². The van der Waals surface area contributed by atoms with Crippen molar-refractivity contribution in [1.82, 2.24) is 19.7 Å². The lowest BCUT2D eigenvalue weighted by Crippen LogP contribution is -2.32. The number of rotatable bonds is 6. The number of halogens is 2. The highest BCUT2D eigenvalue weighted by molar-refractivity contribution is 6.14. The summed E-state index contributed by atoms with van der Waals surface area (Å²) in [6.45, 7) is 3.77. The van der Waals surface area contributed by atoms with Gasteiger partial charge in [0.1, 0.15) is 23.1 Å². The molecule has 2 aromatic carbocycles. The van der Waals surface area contributed by atoms with E-state index in [1.165, 1.54) is 6.07 Å². The quantitative estimate of drug-likeness (QED) is 0.336. The summed E-state index contributed by atoms with van der Waals surface area (Å²) in [6, 6.07) is 7.62. The molecule has 38 heavy (non-hydrogen) atoms. The van der Waals surface area contributed by atoms with Crippen molar-refractivity contribution in [2.24, 2.45) is 24.6 Å². The Morgan fingerprint density at radius 3 is 2.76 bits per heavy atom. The Morgan fingerprint density at radius 1 is 1.21 bits per heavy atom. The van der Waals surface area contributed by atoms with E-state index in [1.54, 1.807) is 16.9 Å². The molecule has 0 spiro atoms. The molecule has 2 aromatic heterocycles. The Kier molecular flexibility index (Phi) is 5.68. The predicted octanol–water partition coefficient (Wildman–Crippen LogP) is 3.69. The number of aromatic nitrogens is 4. The lowest BCUT2D eigenvalue weighted by atomic mass is 9.87. The predicted molar refractivity (Wildman–Crippen MR) is 143 cm³/mol. The van der Waals surface area contributed by atoms with Crippen LogP contribution < -0.4 is 16.4 Å². The van der Waals surface area contributed by atoms with Crippen LogP contribution in [0.15, 0.2) is 42.7 Å². The maximum absolute atomic E-state index is 14.8. The molecule has 0 bridgehead atoms. The molecule has 196 valence electrons. The van der Waals surface area contributed by atoms with E-state index in [1.807, 2.05) is 32.3 Å². The Balaban J connectivity index is 1.25. The van der Waals surface area contributed by atoms with Crippen LogP contribution in [0.4, 0.5) is 20.4 Å². The molecular formula is C28H30F2N8. The fourth-order valence-corrected chi connectivity index (χ4v) is 6.68. The first kappa shape index (κ1) is 24.4. The van der Waals surface area contributed by atoms with Crippen molar-refractivity contribution in [1.29, 1.82) is 5.41 Å². The first-order valence-corrected chi connectivity index (χ1v) is 12.8. The average Bonchev–Trinajstić information content (AvgIpc) is 3.33. The van der Waals surface area contributed by atoms with Gasteiger partial charge >= 0.3 is 0 Å². The third-order valence-corrected chi connectivity index (χ3v) is 8.51. The van der Waals surface area contributed by atoms with E-state index in [0.29, 0.717) is 36.6 Å². The third-order valence-electron chi connectivity index (χ3n) is 8.51. The second kappa shape index (κ2) is 8.83. The van der Waals surface area contributed by atoms with Crippen LogP contribution in [0, 0.1) is 35.8 Å². The molecule has 10 heteroatoms. The summed E-state index contributed by atoms with van der Waals surface area (Å²) in [6.07, 6.45) is 5.07. The van der Waals surface area contributed by atoms with E-state index >= 15 is 0 Å². The second-order valence-corrected chi connectivity index (χ2v) is 10.5. The third kappa shape index (κ3) is 3.65. The molecule has 1 saturated carbocycles. The SMILES string of the molecule is Cc1c(C(=N)c2ncc(N3CC[C@@H]4C(C3)[C@@]4(CCN)c3ccc(F)cc3F)nc2N)ccc2nn(C)cc12. The van der Waals surface area contributed by atoms with Gasteiger partial charge in [0.2, 0.25) is 0 Å². The number of benzene rings is 2. The number of nitrogen functional groups attached to an aromatic ring is 1. The van der Waals surface area contributed by atoms with Gasteiger partial charge in [-0.15, -0.1) is 0 Å². The van der Waals surface area contributed by atoms with Gasteiger partial charge < -0.3 is 16.4 Å². The van der Waals surface area contributed by atoms with Gasteiger partial charge in [-0.25, -0.2) is 18.7 Å². The van der Waals surface area contributed by atoms with E-state index in [4.69, 9.17) is 16.9 Å².